The van der Waals surface area contributed by atoms with Gasteiger partial charge in [0.15, 0.2) is 0 Å². The summed E-state index contributed by atoms with van der Waals surface area (Å²) < 4.78 is 0. The summed E-state index contributed by atoms with van der Waals surface area (Å²) in [6, 6.07) is 17.8. The Morgan fingerprint density at radius 1 is 1.12 bits per heavy atom. The van der Waals surface area contributed by atoms with Gasteiger partial charge >= 0.3 is 0 Å². The quantitative estimate of drug-likeness (QED) is 0.581. The van der Waals surface area contributed by atoms with E-state index in [1.165, 1.54) is 5.56 Å². The number of nitrogens with one attached hydrogen (secondary N) is 1. The first-order valence-electron chi connectivity index (χ1n) is 8.07. The van der Waals surface area contributed by atoms with Crippen molar-refractivity contribution in [2.75, 3.05) is 20.1 Å². The topological polar surface area (TPSA) is 32.3 Å². The number of hydrogen-bond acceptors (Lipinski definition) is 2. The average molecular weight is 343 g/mol. The first-order chi connectivity index (χ1) is 11.6. The zero-order valence-corrected chi connectivity index (χ0v) is 14.7. The molecule has 2 aromatic rings. The second kappa shape index (κ2) is 9.91. The molecule has 1 N–H and O–H groups in total. The summed E-state index contributed by atoms with van der Waals surface area (Å²) in [5.41, 5.74) is 2.26. The highest BCUT2D eigenvalue weighted by Gasteiger charge is 2.00. The summed E-state index contributed by atoms with van der Waals surface area (Å²) in [6.45, 7) is 2.53. The summed E-state index contributed by atoms with van der Waals surface area (Å²) in [6.07, 6.45) is 4.26. The van der Waals surface area contributed by atoms with Crippen molar-refractivity contribution in [3.63, 3.8) is 0 Å². The van der Waals surface area contributed by atoms with Crippen molar-refractivity contribution in [2.45, 2.75) is 13.0 Å². The van der Waals surface area contributed by atoms with E-state index in [4.69, 9.17) is 11.6 Å². The van der Waals surface area contributed by atoms with Gasteiger partial charge in [-0.15, -0.1) is 0 Å². The Labute approximate surface area is 148 Å². The summed E-state index contributed by atoms with van der Waals surface area (Å²) in [7, 11) is 2.09. The molecule has 0 aliphatic rings. The molecule has 1 amide bonds. The lowest BCUT2D eigenvalue weighted by Gasteiger charge is -2.16. The fraction of sp³-hybridized carbons (Fsp3) is 0.250. The molecule has 0 aliphatic heterocycles. The van der Waals surface area contributed by atoms with Crippen LogP contribution in [0.25, 0.3) is 6.08 Å². The summed E-state index contributed by atoms with van der Waals surface area (Å²) >= 11 is 5.83. The fourth-order valence-corrected chi connectivity index (χ4v) is 2.47. The van der Waals surface area contributed by atoms with Crippen LogP contribution >= 0.6 is 11.6 Å². The number of carbonyl (C=O) groups is 1. The van der Waals surface area contributed by atoms with Gasteiger partial charge in [-0.05, 0) is 49.3 Å². The third kappa shape index (κ3) is 6.99. The average Bonchev–Trinajstić information content (AvgIpc) is 2.59. The number of benzene rings is 2. The molecule has 0 unspecified atom stereocenters. The monoisotopic (exact) mass is 342 g/mol. The summed E-state index contributed by atoms with van der Waals surface area (Å²) in [5, 5.41) is 3.60. The maximum Gasteiger partial charge on any atom is 0.243 e. The van der Waals surface area contributed by atoms with Crippen molar-refractivity contribution in [3.05, 3.63) is 76.8 Å². The zero-order valence-electron chi connectivity index (χ0n) is 13.9. The largest absolute Gasteiger partial charge is 0.353 e. The Morgan fingerprint density at radius 3 is 2.54 bits per heavy atom. The van der Waals surface area contributed by atoms with Gasteiger partial charge in [0.1, 0.15) is 0 Å². The van der Waals surface area contributed by atoms with Gasteiger partial charge in [-0.25, -0.2) is 0 Å². The maximum atomic E-state index is 11.8. The van der Waals surface area contributed by atoms with Gasteiger partial charge in [-0.1, -0.05) is 54.1 Å². The third-order valence-corrected chi connectivity index (χ3v) is 3.86. The van der Waals surface area contributed by atoms with E-state index in [1.54, 1.807) is 12.2 Å². The Hall–Kier alpha value is -2.10. The van der Waals surface area contributed by atoms with Crippen molar-refractivity contribution >= 4 is 23.6 Å². The number of rotatable bonds is 8. The first-order valence-corrected chi connectivity index (χ1v) is 8.45. The molecule has 0 saturated heterocycles. The van der Waals surface area contributed by atoms with Crippen molar-refractivity contribution < 1.29 is 4.79 Å². The third-order valence-electron chi connectivity index (χ3n) is 3.61. The van der Waals surface area contributed by atoms with E-state index in [0.717, 1.165) is 25.1 Å². The molecule has 0 heterocycles. The molecule has 3 nitrogen and oxygen atoms in total. The molecule has 0 bridgehead atoms. The van der Waals surface area contributed by atoms with Crippen molar-refractivity contribution in [1.29, 1.82) is 0 Å². The molecule has 126 valence electrons. The van der Waals surface area contributed by atoms with E-state index in [-0.39, 0.29) is 5.91 Å². The summed E-state index contributed by atoms with van der Waals surface area (Å²) in [4.78, 5) is 14.0. The van der Waals surface area contributed by atoms with Crippen LogP contribution in [0.5, 0.6) is 0 Å². The highest BCUT2D eigenvalue weighted by Crippen LogP contribution is 2.10. The molecule has 0 saturated carbocycles. The van der Waals surface area contributed by atoms with Crippen LogP contribution in [0.2, 0.25) is 5.02 Å². The molecular formula is C20H23ClN2O. The van der Waals surface area contributed by atoms with Crippen LogP contribution in [0, 0.1) is 0 Å². The molecule has 0 aromatic heterocycles. The molecular weight excluding hydrogens is 320 g/mol. The minimum atomic E-state index is -0.0735. The highest BCUT2D eigenvalue weighted by molar-refractivity contribution is 6.30. The number of nitrogens with zero attached hydrogens (tertiary/aromatic N) is 1. The lowest BCUT2D eigenvalue weighted by atomic mass is 10.2. The molecule has 2 aromatic carbocycles. The van der Waals surface area contributed by atoms with Crippen LogP contribution in [0.15, 0.2) is 60.7 Å². The second-order valence-corrected chi connectivity index (χ2v) is 6.19. The predicted octanol–water partition coefficient (Wildman–Crippen LogP) is 3.99. The lowest BCUT2D eigenvalue weighted by Crippen LogP contribution is -2.26. The van der Waals surface area contributed by atoms with Crippen molar-refractivity contribution in [2.24, 2.45) is 0 Å². The van der Waals surface area contributed by atoms with Crippen LogP contribution < -0.4 is 5.32 Å². The van der Waals surface area contributed by atoms with Crippen LogP contribution in [0.1, 0.15) is 17.5 Å². The first kappa shape index (κ1) is 18.2. The molecule has 0 aliphatic carbocycles. The number of halogens is 1. The van der Waals surface area contributed by atoms with E-state index in [2.05, 4.69) is 41.5 Å². The van der Waals surface area contributed by atoms with Gasteiger partial charge in [-0.3, -0.25) is 4.79 Å². The molecule has 24 heavy (non-hydrogen) atoms. The van der Waals surface area contributed by atoms with E-state index in [9.17, 15) is 4.79 Å². The fourth-order valence-electron chi connectivity index (χ4n) is 2.34. The molecule has 0 radical (unpaired) electrons. The Bertz CT molecular complexity index is 653. The number of carbonyl (C=O) groups excluding carboxylic acids is 1. The standard InChI is InChI=1S/C20H23ClN2O/c1-23(16-18-6-3-2-4-7-18)15-5-14-22-20(24)13-10-17-8-11-19(21)12-9-17/h2-4,6-13H,5,14-16H2,1H3,(H,22,24)/b13-10+. The van der Waals surface area contributed by atoms with Gasteiger partial charge in [-0.2, -0.15) is 0 Å². The number of amides is 1. The van der Waals surface area contributed by atoms with Gasteiger partial charge in [0, 0.05) is 24.2 Å². The van der Waals surface area contributed by atoms with Gasteiger partial charge in [0.25, 0.3) is 0 Å². The van der Waals surface area contributed by atoms with Crippen LogP contribution in [0.3, 0.4) is 0 Å². The van der Waals surface area contributed by atoms with Gasteiger partial charge in [0.2, 0.25) is 5.91 Å². The predicted molar refractivity (Wildman–Crippen MR) is 101 cm³/mol. The SMILES string of the molecule is CN(CCCNC(=O)/C=C/c1ccc(Cl)cc1)Cc1ccccc1. The highest BCUT2D eigenvalue weighted by atomic mass is 35.5. The Balaban J connectivity index is 1.63. The lowest BCUT2D eigenvalue weighted by molar-refractivity contribution is -0.116. The smallest absolute Gasteiger partial charge is 0.243 e. The van der Waals surface area contributed by atoms with E-state index < -0.39 is 0 Å². The Morgan fingerprint density at radius 2 is 1.83 bits per heavy atom. The Kier molecular flexibility index (Phi) is 7.53. The van der Waals surface area contributed by atoms with E-state index in [0.29, 0.717) is 11.6 Å². The number of hydrogen-bond donors (Lipinski definition) is 1. The normalized spacial score (nSPS) is 11.1. The molecule has 0 atom stereocenters. The molecule has 0 fully saturated rings. The summed E-state index contributed by atoms with van der Waals surface area (Å²) in [5.74, 6) is -0.0735. The van der Waals surface area contributed by atoms with E-state index >= 15 is 0 Å². The molecule has 2 rings (SSSR count). The minimum absolute atomic E-state index is 0.0735. The van der Waals surface area contributed by atoms with Crippen molar-refractivity contribution in [3.8, 4) is 0 Å². The zero-order chi connectivity index (χ0) is 17.2. The molecule has 0 spiro atoms. The van der Waals surface area contributed by atoms with Crippen molar-refractivity contribution in [1.82, 2.24) is 10.2 Å². The second-order valence-electron chi connectivity index (χ2n) is 5.75. The van der Waals surface area contributed by atoms with Crippen LogP contribution in [0.4, 0.5) is 0 Å². The van der Waals surface area contributed by atoms with Gasteiger partial charge in [0.05, 0.1) is 0 Å². The van der Waals surface area contributed by atoms with E-state index in [1.807, 2.05) is 30.3 Å². The van der Waals surface area contributed by atoms with Crippen LogP contribution in [-0.2, 0) is 11.3 Å². The minimum Gasteiger partial charge on any atom is -0.353 e. The van der Waals surface area contributed by atoms with Crippen LogP contribution in [-0.4, -0.2) is 30.9 Å². The molecule has 4 heteroatoms. The van der Waals surface area contributed by atoms with Gasteiger partial charge < -0.3 is 10.2 Å². The maximum absolute atomic E-state index is 11.8.